The molecule has 0 spiro atoms. The molecule has 5 nitrogen and oxygen atoms in total. The Hall–Kier alpha value is -1.44. The van der Waals surface area contributed by atoms with Crippen LogP contribution in [0.2, 0.25) is 0 Å². The second-order valence-corrected chi connectivity index (χ2v) is 7.63. The molecule has 3 N–H and O–H groups in total. The third-order valence-corrected chi connectivity index (χ3v) is 5.93. The zero-order valence-corrected chi connectivity index (χ0v) is 13.9. The predicted octanol–water partition coefficient (Wildman–Crippen LogP) is 2.17. The number of rotatable bonds is 5. The van der Waals surface area contributed by atoms with E-state index in [0.29, 0.717) is 29.8 Å². The van der Waals surface area contributed by atoms with E-state index in [2.05, 4.69) is 9.71 Å². The Morgan fingerprint density at radius 1 is 1.29 bits per heavy atom. The quantitative estimate of drug-likeness (QED) is 0.825. The monoisotopic (exact) mass is 325 g/mol. The number of nitrogens with one attached hydrogen (secondary N) is 1. The van der Waals surface area contributed by atoms with Gasteiger partial charge in [-0.2, -0.15) is 0 Å². The SMILES string of the molecule is Cc1cc(C)c(S(=O)(=O)NCCc2nccs2)c(C)c1N. The zero-order chi connectivity index (χ0) is 15.6. The van der Waals surface area contributed by atoms with Crippen LogP contribution >= 0.6 is 11.3 Å². The van der Waals surface area contributed by atoms with Crippen molar-refractivity contribution in [3.8, 4) is 0 Å². The topological polar surface area (TPSA) is 85.1 Å². The highest BCUT2D eigenvalue weighted by molar-refractivity contribution is 7.89. The first-order valence-electron chi connectivity index (χ1n) is 6.57. The number of sulfonamides is 1. The molecule has 0 aliphatic rings. The maximum absolute atomic E-state index is 12.5. The van der Waals surface area contributed by atoms with Crippen LogP contribution in [0.3, 0.4) is 0 Å². The van der Waals surface area contributed by atoms with E-state index in [0.717, 1.165) is 10.6 Å². The standard InChI is InChI=1S/C14H19N3O2S2/c1-9-8-10(2)14(11(3)13(9)15)21(18,19)17-5-4-12-16-6-7-20-12/h6-8,17H,4-5,15H2,1-3H3. The number of benzene rings is 1. The molecule has 21 heavy (non-hydrogen) atoms. The van der Waals surface area contributed by atoms with E-state index in [-0.39, 0.29) is 4.90 Å². The van der Waals surface area contributed by atoms with Crippen molar-refractivity contribution in [2.75, 3.05) is 12.3 Å². The Bertz CT molecular complexity index is 738. The lowest BCUT2D eigenvalue weighted by molar-refractivity contribution is 0.580. The van der Waals surface area contributed by atoms with Gasteiger partial charge in [-0.05, 0) is 37.5 Å². The lowest BCUT2D eigenvalue weighted by Crippen LogP contribution is -2.27. The summed E-state index contributed by atoms with van der Waals surface area (Å²) in [6, 6.07) is 1.80. The largest absolute Gasteiger partial charge is 0.398 e. The molecule has 0 amide bonds. The summed E-state index contributed by atoms with van der Waals surface area (Å²) in [4.78, 5) is 4.42. The first-order chi connectivity index (χ1) is 9.83. The summed E-state index contributed by atoms with van der Waals surface area (Å²) in [5.41, 5.74) is 8.69. The molecular weight excluding hydrogens is 306 g/mol. The van der Waals surface area contributed by atoms with E-state index in [1.54, 1.807) is 26.1 Å². The average Bonchev–Trinajstić information content (AvgIpc) is 2.88. The molecule has 7 heteroatoms. The molecule has 114 valence electrons. The molecule has 0 bridgehead atoms. The number of aryl methyl sites for hydroxylation is 2. The predicted molar refractivity (Wildman–Crippen MR) is 86.1 cm³/mol. The van der Waals surface area contributed by atoms with Gasteiger partial charge < -0.3 is 5.73 Å². The van der Waals surface area contributed by atoms with E-state index in [4.69, 9.17) is 5.73 Å². The summed E-state index contributed by atoms with van der Waals surface area (Å²) in [6.07, 6.45) is 2.29. The number of aromatic nitrogens is 1. The van der Waals surface area contributed by atoms with Crippen LogP contribution in [0.4, 0.5) is 5.69 Å². The van der Waals surface area contributed by atoms with Crippen LogP contribution in [0.1, 0.15) is 21.7 Å². The molecule has 0 saturated heterocycles. The number of hydrogen-bond donors (Lipinski definition) is 2. The highest BCUT2D eigenvalue weighted by atomic mass is 32.2. The van der Waals surface area contributed by atoms with Crippen molar-refractivity contribution in [1.82, 2.24) is 9.71 Å². The Kier molecular flexibility index (Phi) is 4.65. The Morgan fingerprint density at radius 2 is 2.00 bits per heavy atom. The molecule has 0 saturated carbocycles. The van der Waals surface area contributed by atoms with Crippen molar-refractivity contribution in [3.05, 3.63) is 39.3 Å². The molecule has 0 aliphatic carbocycles. The minimum atomic E-state index is -3.57. The average molecular weight is 325 g/mol. The second kappa shape index (κ2) is 6.13. The second-order valence-electron chi connectivity index (χ2n) is 4.95. The van der Waals surface area contributed by atoms with Gasteiger partial charge in [0.05, 0.1) is 9.90 Å². The molecular formula is C14H19N3O2S2. The maximum Gasteiger partial charge on any atom is 0.241 e. The van der Waals surface area contributed by atoms with Crippen molar-refractivity contribution < 1.29 is 8.42 Å². The number of thiazole rings is 1. The van der Waals surface area contributed by atoms with Crippen LogP contribution in [0.25, 0.3) is 0 Å². The Morgan fingerprint density at radius 3 is 2.62 bits per heavy atom. The van der Waals surface area contributed by atoms with E-state index in [1.165, 1.54) is 11.3 Å². The van der Waals surface area contributed by atoms with Crippen LogP contribution in [0.15, 0.2) is 22.5 Å². The first kappa shape index (κ1) is 15.9. The van der Waals surface area contributed by atoms with E-state index < -0.39 is 10.0 Å². The van der Waals surface area contributed by atoms with Gasteiger partial charge in [-0.15, -0.1) is 11.3 Å². The minimum absolute atomic E-state index is 0.282. The fourth-order valence-electron chi connectivity index (χ4n) is 2.34. The van der Waals surface area contributed by atoms with Crippen LogP contribution in [-0.4, -0.2) is 19.9 Å². The van der Waals surface area contributed by atoms with Gasteiger partial charge in [0.25, 0.3) is 0 Å². The molecule has 0 aliphatic heterocycles. The Balaban J connectivity index is 2.22. The van der Waals surface area contributed by atoms with Gasteiger partial charge in [-0.25, -0.2) is 18.1 Å². The van der Waals surface area contributed by atoms with Crippen molar-refractivity contribution in [2.45, 2.75) is 32.1 Å². The van der Waals surface area contributed by atoms with E-state index in [9.17, 15) is 8.42 Å². The lowest BCUT2D eigenvalue weighted by atomic mass is 10.1. The summed E-state index contributed by atoms with van der Waals surface area (Å²) >= 11 is 1.51. The molecule has 0 atom stereocenters. The fraction of sp³-hybridized carbons (Fsp3) is 0.357. The van der Waals surface area contributed by atoms with E-state index >= 15 is 0 Å². The van der Waals surface area contributed by atoms with Crippen molar-refractivity contribution in [2.24, 2.45) is 0 Å². The normalized spacial score (nSPS) is 11.8. The third kappa shape index (κ3) is 3.42. The summed E-state index contributed by atoms with van der Waals surface area (Å²) in [7, 11) is -3.57. The molecule has 0 unspecified atom stereocenters. The molecule has 2 rings (SSSR count). The molecule has 0 fully saturated rings. The van der Waals surface area contributed by atoms with Gasteiger partial charge in [0.2, 0.25) is 10.0 Å². The summed E-state index contributed by atoms with van der Waals surface area (Å²) in [5, 5.41) is 2.79. The zero-order valence-electron chi connectivity index (χ0n) is 12.3. The number of hydrogen-bond acceptors (Lipinski definition) is 5. The Labute approximate surface area is 129 Å². The van der Waals surface area contributed by atoms with Gasteiger partial charge in [0, 0.05) is 30.2 Å². The van der Waals surface area contributed by atoms with Crippen LogP contribution in [0, 0.1) is 20.8 Å². The number of nitrogens with two attached hydrogens (primary N) is 1. The highest BCUT2D eigenvalue weighted by Crippen LogP contribution is 2.27. The summed E-state index contributed by atoms with van der Waals surface area (Å²) in [5.74, 6) is 0. The van der Waals surface area contributed by atoms with Gasteiger partial charge in [-0.1, -0.05) is 6.07 Å². The molecule has 0 radical (unpaired) electrons. The van der Waals surface area contributed by atoms with Crippen LogP contribution in [-0.2, 0) is 16.4 Å². The smallest absolute Gasteiger partial charge is 0.241 e. The molecule has 1 aromatic carbocycles. The van der Waals surface area contributed by atoms with Gasteiger partial charge >= 0.3 is 0 Å². The van der Waals surface area contributed by atoms with Gasteiger partial charge in [0.1, 0.15) is 0 Å². The lowest BCUT2D eigenvalue weighted by Gasteiger charge is -2.15. The van der Waals surface area contributed by atoms with Gasteiger partial charge in [-0.3, -0.25) is 0 Å². The van der Waals surface area contributed by atoms with Crippen molar-refractivity contribution in [1.29, 1.82) is 0 Å². The van der Waals surface area contributed by atoms with Crippen LogP contribution < -0.4 is 10.5 Å². The number of anilines is 1. The molecule has 1 aromatic heterocycles. The first-order valence-corrected chi connectivity index (χ1v) is 8.93. The number of nitrogen functional groups attached to an aromatic ring is 1. The third-order valence-electron chi connectivity index (χ3n) is 3.34. The minimum Gasteiger partial charge on any atom is -0.398 e. The van der Waals surface area contributed by atoms with Gasteiger partial charge in [0.15, 0.2) is 0 Å². The van der Waals surface area contributed by atoms with Crippen molar-refractivity contribution in [3.63, 3.8) is 0 Å². The van der Waals surface area contributed by atoms with Crippen molar-refractivity contribution >= 4 is 27.0 Å². The fourth-order valence-corrected chi connectivity index (χ4v) is 4.47. The summed E-state index contributed by atoms with van der Waals surface area (Å²) < 4.78 is 27.6. The summed E-state index contributed by atoms with van der Waals surface area (Å²) in [6.45, 7) is 5.73. The molecule has 1 heterocycles. The maximum atomic E-state index is 12.5. The number of nitrogens with zero attached hydrogens (tertiary/aromatic N) is 1. The van der Waals surface area contributed by atoms with E-state index in [1.807, 2.05) is 12.3 Å². The molecule has 2 aromatic rings. The highest BCUT2D eigenvalue weighted by Gasteiger charge is 2.21. The van der Waals surface area contributed by atoms with Crippen LogP contribution in [0.5, 0.6) is 0 Å².